The molecule has 140 valence electrons. The molecule has 5 nitrogen and oxygen atoms in total. The molecule has 0 atom stereocenters. The third kappa shape index (κ3) is 9.25. The van der Waals surface area contributed by atoms with Crippen molar-refractivity contribution in [2.24, 2.45) is 0 Å². The van der Waals surface area contributed by atoms with E-state index in [1.165, 1.54) is 0 Å². The first-order valence-electron chi connectivity index (χ1n) is 9.51. The first kappa shape index (κ1) is 21.2. The lowest BCUT2D eigenvalue weighted by Crippen LogP contribution is -2.34. The lowest BCUT2D eigenvalue weighted by molar-refractivity contribution is -0.117. The van der Waals surface area contributed by atoms with Crippen molar-refractivity contribution >= 4 is 23.2 Å². The van der Waals surface area contributed by atoms with E-state index in [1.54, 1.807) is 6.07 Å². The first-order valence-corrected chi connectivity index (χ1v) is 9.51. The number of carbonyl (C=O) groups excluding carboxylic acids is 2. The number of rotatable bonds is 12. The molecule has 0 unspecified atom stereocenters. The predicted octanol–water partition coefficient (Wildman–Crippen LogP) is 4.27. The highest BCUT2D eigenvalue weighted by atomic mass is 16.2. The van der Waals surface area contributed by atoms with Crippen LogP contribution in [-0.2, 0) is 9.59 Å². The Bertz CT molecular complexity index is 525. The van der Waals surface area contributed by atoms with Crippen LogP contribution in [-0.4, -0.2) is 36.3 Å². The van der Waals surface area contributed by atoms with E-state index in [1.807, 2.05) is 18.2 Å². The van der Waals surface area contributed by atoms with Gasteiger partial charge in [-0.1, -0.05) is 39.7 Å². The van der Waals surface area contributed by atoms with Crippen molar-refractivity contribution in [2.75, 3.05) is 30.3 Å². The largest absolute Gasteiger partial charge is 0.326 e. The number of carbonyl (C=O) groups is 2. The number of nitrogens with zero attached hydrogens (tertiary/aromatic N) is 1. The highest BCUT2D eigenvalue weighted by molar-refractivity contribution is 5.94. The molecule has 2 N–H and O–H groups in total. The van der Waals surface area contributed by atoms with Gasteiger partial charge in [0.25, 0.3) is 0 Å². The van der Waals surface area contributed by atoms with Crippen molar-refractivity contribution in [2.45, 2.75) is 59.3 Å². The van der Waals surface area contributed by atoms with Crippen molar-refractivity contribution in [1.82, 2.24) is 4.90 Å². The molecule has 0 aromatic heterocycles. The van der Waals surface area contributed by atoms with Gasteiger partial charge in [-0.25, -0.2) is 0 Å². The van der Waals surface area contributed by atoms with Gasteiger partial charge in [0, 0.05) is 17.8 Å². The second kappa shape index (κ2) is 12.5. The predicted molar refractivity (Wildman–Crippen MR) is 105 cm³/mol. The van der Waals surface area contributed by atoms with E-state index >= 15 is 0 Å². The number of benzene rings is 1. The molecule has 0 saturated heterocycles. The maximum atomic E-state index is 12.2. The maximum Gasteiger partial charge on any atom is 0.238 e. The maximum absolute atomic E-state index is 12.2. The molecule has 0 aliphatic carbocycles. The molecule has 0 aliphatic heterocycles. The second-order valence-electron chi connectivity index (χ2n) is 6.41. The second-order valence-corrected chi connectivity index (χ2v) is 6.41. The normalized spacial score (nSPS) is 10.7. The average molecular weight is 348 g/mol. The molecule has 5 heteroatoms. The lowest BCUT2D eigenvalue weighted by atomic mass is 10.2. The fourth-order valence-corrected chi connectivity index (χ4v) is 2.74. The van der Waals surface area contributed by atoms with Gasteiger partial charge < -0.3 is 10.6 Å². The van der Waals surface area contributed by atoms with Crippen LogP contribution >= 0.6 is 0 Å². The Morgan fingerprint density at radius 1 is 0.880 bits per heavy atom. The molecule has 0 saturated carbocycles. The zero-order valence-electron chi connectivity index (χ0n) is 15.9. The molecule has 25 heavy (non-hydrogen) atoms. The first-order chi connectivity index (χ1) is 12.1. The molecule has 0 bridgehead atoms. The van der Waals surface area contributed by atoms with Crippen LogP contribution in [0.2, 0.25) is 0 Å². The minimum Gasteiger partial charge on any atom is -0.326 e. The zero-order chi connectivity index (χ0) is 18.5. The van der Waals surface area contributed by atoms with Crippen LogP contribution < -0.4 is 10.6 Å². The Morgan fingerprint density at radius 3 is 2.04 bits per heavy atom. The molecule has 1 aromatic rings. The zero-order valence-corrected chi connectivity index (χ0v) is 15.9. The third-order valence-electron chi connectivity index (χ3n) is 3.88. The number of hydrogen-bond acceptors (Lipinski definition) is 3. The minimum atomic E-state index is -0.0201. The van der Waals surface area contributed by atoms with Gasteiger partial charge in [-0.3, -0.25) is 14.5 Å². The average Bonchev–Trinajstić information content (AvgIpc) is 2.55. The Hall–Kier alpha value is -1.88. The van der Waals surface area contributed by atoms with Crippen molar-refractivity contribution in [3.05, 3.63) is 24.3 Å². The van der Waals surface area contributed by atoms with Crippen molar-refractivity contribution < 1.29 is 9.59 Å². The fraction of sp³-hybridized carbons (Fsp3) is 0.600. The van der Waals surface area contributed by atoms with Crippen molar-refractivity contribution in [3.63, 3.8) is 0 Å². The summed E-state index contributed by atoms with van der Waals surface area (Å²) in [6.45, 7) is 8.60. The number of amides is 2. The molecule has 0 radical (unpaired) electrons. The summed E-state index contributed by atoms with van der Waals surface area (Å²) < 4.78 is 0. The Morgan fingerprint density at radius 2 is 1.48 bits per heavy atom. The number of unbranched alkanes of at least 4 members (excludes halogenated alkanes) is 2. The highest BCUT2D eigenvalue weighted by Gasteiger charge is 2.10. The topological polar surface area (TPSA) is 61.4 Å². The van der Waals surface area contributed by atoms with E-state index < -0.39 is 0 Å². The standard InChI is InChI=1S/C20H33N3O2/c1-4-7-8-12-19(24)21-17-10-9-11-18(15-17)22-20(25)16-23(13-5-2)14-6-3/h9-11,15H,4-8,12-14,16H2,1-3H3,(H,21,24)(H,22,25). The molecule has 0 heterocycles. The van der Waals surface area contributed by atoms with Gasteiger partial charge in [-0.2, -0.15) is 0 Å². The van der Waals surface area contributed by atoms with E-state index in [2.05, 4.69) is 36.3 Å². The molecule has 0 fully saturated rings. The summed E-state index contributed by atoms with van der Waals surface area (Å²) in [6.07, 6.45) is 5.67. The van der Waals surface area contributed by atoms with E-state index in [0.29, 0.717) is 18.7 Å². The van der Waals surface area contributed by atoms with Crippen LogP contribution in [0.4, 0.5) is 11.4 Å². The quantitative estimate of drug-likeness (QED) is 0.555. The molecule has 1 aromatic carbocycles. The molecular weight excluding hydrogens is 314 g/mol. The molecule has 1 rings (SSSR count). The molecule has 0 aliphatic rings. The molecule has 0 spiro atoms. The van der Waals surface area contributed by atoms with Crippen LogP contribution in [0, 0.1) is 0 Å². The summed E-state index contributed by atoms with van der Waals surface area (Å²) in [7, 11) is 0. The van der Waals surface area contributed by atoms with Gasteiger partial charge in [-0.05, 0) is 50.6 Å². The summed E-state index contributed by atoms with van der Waals surface area (Å²) >= 11 is 0. The highest BCUT2D eigenvalue weighted by Crippen LogP contribution is 2.16. The SMILES string of the molecule is CCCCCC(=O)Nc1cccc(NC(=O)CN(CCC)CCC)c1. The Kier molecular flexibility index (Phi) is 10.6. The fourth-order valence-electron chi connectivity index (χ4n) is 2.74. The third-order valence-corrected chi connectivity index (χ3v) is 3.88. The van der Waals surface area contributed by atoms with Gasteiger partial charge in [0.15, 0.2) is 0 Å². The summed E-state index contributed by atoms with van der Waals surface area (Å²) in [5.74, 6) is 0.00214. The van der Waals surface area contributed by atoms with Crippen LogP contribution in [0.25, 0.3) is 0 Å². The van der Waals surface area contributed by atoms with Crippen molar-refractivity contribution in [1.29, 1.82) is 0 Å². The van der Waals surface area contributed by atoms with E-state index in [9.17, 15) is 9.59 Å². The molecule has 2 amide bonds. The summed E-state index contributed by atoms with van der Waals surface area (Å²) in [5.41, 5.74) is 1.43. The number of nitrogens with one attached hydrogen (secondary N) is 2. The van der Waals surface area contributed by atoms with Crippen LogP contribution in [0.1, 0.15) is 59.3 Å². The number of anilines is 2. The Balaban J connectivity index is 2.53. The lowest BCUT2D eigenvalue weighted by Gasteiger charge is -2.20. The smallest absolute Gasteiger partial charge is 0.238 e. The number of hydrogen-bond donors (Lipinski definition) is 2. The van der Waals surface area contributed by atoms with Crippen LogP contribution in [0.3, 0.4) is 0 Å². The van der Waals surface area contributed by atoms with E-state index in [4.69, 9.17) is 0 Å². The van der Waals surface area contributed by atoms with Crippen molar-refractivity contribution in [3.8, 4) is 0 Å². The van der Waals surface area contributed by atoms with E-state index in [0.717, 1.165) is 50.9 Å². The molecular formula is C20H33N3O2. The Labute approximate surface area is 152 Å². The van der Waals surface area contributed by atoms with Crippen LogP contribution in [0.5, 0.6) is 0 Å². The summed E-state index contributed by atoms with van der Waals surface area (Å²) in [4.78, 5) is 26.3. The van der Waals surface area contributed by atoms with Crippen LogP contribution in [0.15, 0.2) is 24.3 Å². The minimum absolute atomic E-state index is 0.0201. The van der Waals surface area contributed by atoms with Gasteiger partial charge in [-0.15, -0.1) is 0 Å². The summed E-state index contributed by atoms with van der Waals surface area (Å²) in [6, 6.07) is 7.33. The van der Waals surface area contributed by atoms with Gasteiger partial charge in [0.2, 0.25) is 11.8 Å². The van der Waals surface area contributed by atoms with E-state index in [-0.39, 0.29) is 11.8 Å². The van der Waals surface area contributed by atoms with Gasteiger partial charge in [0.1, 0.15) is 0 Å². The monoisotopic (exact) mass is 347 g/mol. The van der Waals surface area contributed by atoms with Gasteiger partial charge in [0.05, 0.1) is 6.54 Å². The summed E-state index contributed by atoms with van der Waals surface area (Å²) in [5, 5.41) is 5.82. The van der Waals surface area contributed by atoms with Gasteiger partial charge >= 0.3 is 0 Å².